The summed E-state index contributed by atoms with van der Waals surface area (Å²) in [5.74, 6) is 0.0486. The second kappa shape index (κ2) is 8.56. The minimum absolute atomic E-state index is 0.0199. The van der Waals surface area contributed by atoms with Crippen molar-refractivity contribution in [2.24, 2.45) is 0 Å². The molecule has 0 radical (unpaired) electrons. The normalized spacial score (nSPS) is 17.4. The van der Waals surface area contributed by atoms with Gasteiger partial charge in [-0.1, -0.05) is 30.3 Å². The van der Waals surface area contributed by atoms with Gasteiger partial charge in [0.15, 0.2) is 5.01 Å². The van der Waals surface area contributed by atoms with Gasteiger partial charge < -0.3 is 9.80 Å². The van der Waals surface area contributed by atoms with E-state index < -0.39 is 0 Å². The van der Waals surface area contributed by atoms with Gasteiger partial charge >= 0.3 is 0 Å². The van der Waals surface area contributed by atoms with E-state index in [-0.39, 0.29) is 11.8 Å². The minimum atomic E-state index is 0.0199. The summed E-state index contributed by atoms with van der Waals surface area (Å²) < 4.78 is 0. The van der Waals surface area contributed by atoms with Crippen LogP contribution in [0.1, 0.15) is 20.2 Å². The van der Waals surface area contributed by atoms with Gasteiger partial charge in [0.25, 0.3) is 11.8 Å². The molecular weight excluding hydrogens is 410 g/mol. The number of piperazine rings is 1. The van der Waals surface area contributed by atoms with Crippen molar-refractivity contribution < 1.29 is 9.59 Å². The molecule has 2 amide bonds. The van der Waals surface area contributed by atoms with Crippen molar-refractivity contribution in [3.63, 3.8) is 0 Å². The quantitative estimate of drug-likeness (QED) is 0.632. The topological polar surface area (TPSA) is 69.6 Å². The smallest absolute Gasteiger partial charge is 0.282 e. The molecular formula is C23H23N5O2S. The van der Waals surface area contributed by atoms with Crippen LogP contribution < -0.4 is 0 Å². The fourth-order valence-corrected chi connectivity index (χ4v) is 4.69. The van der Waals surface area contributed by atoms with Gasteiger partial charge in [-0.15, -0.1) is 11.3 Å². The molecule has 0 N–H and O–H groups in total. The number of hydrogen-bond acceptors (Lipinski definition) is 6. The van der Waals surface area contributed by atoms with E-state index in [1.807, 2.05) is 57.6 Å². The zero-order valence-electron chi connectivity index (χ0n) is 17.1. The van der Waals surface area contributed by atoms with Crippen LogP contribution in [0.3, 0.4) is 0 Å². The van der Waals surface area contributed by atoms with Crippen molar-refractivity contribution in [3.05, 3.63) is 70.8 Å². The summed E-state index contributed by atoms with van der Waals surface area (Å²) in [5, 5.41) is 2.38. The molecule has 0 saturated carbocycles. The first-order valence-electron chi connectivity index (χ1n) is 10.4. The third-order valence-corrected chi connectivity index (χ3v) is 6.72. The summed E-state index contributed by atoms with van der Waals surface area (Å²) in [7, 11) is 0. The highest BCUT2D eigenvalue weighted by atomic mass is 32.1. The Balaban J connectivity index is 1.12. The molecule has 0 aliphatic carbocycles. The molecule has 3 aromatic rings. The molecule has 4 heterocycles. The zero-order chi connectivity index (χ0) is 21.2. The fraction of sp³-hybridized carbons (Fsp3) is 0.304. The number of carbonyl (C=O) groups excluding carboxylic acids is 2. The number of thiazole rings is 1. The fourth-order valence-electron chi connectivity index (χ4n) is 4.09. The van der Waals surface area contributed by atoms with Crippen molar-refractivity contribution in [2.75, 3.05) is 39.3 Å². The molecule has 1 aromatic carbocycles. The molecule has 5 rings (SSSR count). The van der Waals surface area contributed by atoms with Crippen LogP contribution in [-0.4, -0.2) is 81.8 Å². The Morgan fingerprint density at radius 2 is 1.65 bits per heavy atom. The van der Waals surface area contributed by atoms with E-state index in [2.05, 4.69) is 14.9 Å². The van der Waals surface area contributed by atoms with Crippen LogP contribution in [0.15, 0.2) is 60.2 Å². The van der Waals surface area contributed by atoms with E-state index in [9.17, 15) is 9.59 Å². The van der Waals surface area contributed by atoms with Crippen molar-refractivity contribution in [1.82, 2.24) is 24.7 Å². The van der Waals surface area contributed by atoms with Gasteiger partial charge in [0, 0.05) is 68.6 Å². The molecule has 31 heavy (non-hydrogen) atoms. The lowest BCUT2D eigenvalue weighted by Crippen LogP contribution is -2.64. The summed E-state index contributed by atoms with van der Waals surface area (Å²) >= 11 is 1.38. The highest BCUT2D eigenvalue weighted by Gasteiger charge is 2.37. The summed E-state index contributed by atoms with van der Waals surface area (Å²) in [6.45, 7) is 4.51. The predicted octanol–water partition coefficient (Wildman–Crippen LogP) is 2.49. The van der Waals surface area contributed by atoms with Gasteiger partial charge in [-0.05, 0) is 12.1 Å². The molecule has 0 bridgehead atoms. The largest absolute Gasteiger partial charge is 0.335 e. The molecule has 7 nitrogen and oxygen atoms in total. The second-order valence-corrected chi connectivity index (χ2v) is 8.72. The van der Waals surface area contributed by atoms with E-state index in [4.69, 9.17) is 0 Å². The van der Waals surface area contributed by atoms with E-state index in [1.54, 1.807) is 12.4 Å². The summed E-state index contributed by atoms with van der Waals surface area (Å²) in [5.41, 5.74) is 2.53. The van der Waals surface area contributed by atoms with E-state index in [0.29, 0.717) is 29.7 Å². The Morgan fingerprint density at radius 3 is 2.29 bits per heavy atom. The number of benzene rings is 1. The number of carbonyl (C=O) groups is 2. The number of pyridine rings is 1. The first-order valence-corrected chi connectivity index (χ1v) is 11.3. The van der Waals surface area contributed by atoms with Crippen LogP contribution in [0.5, 0.6) is 0 Å². The maximum Gasteiger partial charge on any atom is 0.282 e. The average molecular weight is 434 g/mol. The summed E-state index contributed by atoms with van der Waals surface area (Å²) in [4.78, 5) is 39.9. The predicted molar refractivity (Wildman–Crippen MR) is 119 cm³/mol. The van der Waals surface area contributed by atoms with Crippen LogP contribution in [0.2, 0.25) is 0 Å². The molecule has 2 aliphatic heterocycles. The van der Waals surface area contributed by atoms with Gasteiger partial charge in [-0.3, -0.25) is 19.5 Å². The maximum absolute atomic E-state index is 12.8. The number of likely N-dealkylation sites (tertiary alicyclic amines) is 1. The Kier molecular flexibility index (Phi) is 5.48. The number of nitrogens with zero attached hydrogens (tertiary/aromatic N) is 5. The molecule has 2 aromatic heterocycles. The number of aromatic nitrogens is 2. The van der Waals surface area contributed by atoms with E-state index in [1.165, 1.54) is 11.3 Å². The average Bonchev–Trinajstić information content (AvgIpc) is 3.34. The van der Waals surface area contributed by atoms with E-state index in [0.717, 1.165) is 37.4 Å². The first kappa shape index (κ1) is 19.8. The Hall–Kier alpha value is -3.10. The number of amides is 2. The van der Waals surface area contributed by atoms with Gasteiger partial charge in [-0.25, -0.2) is 4.98 Å². The van der Waals surface area contributed by atoms with Gasteiger partial charge in [0.05, 0.1) is 11.3 Å². The van der Waals surface area contributed by atoms with Crippen LogP contribution in [0.4, 0.5) is 0 Å². The Morgan fingerprint density at radius 1 is 0.871 bits per heavy atom. The second-order valence-electron chi connectivity index (χ2n) is 7.83. The van der Waals surface area contributed by atoms with Gasteiger partial charge in [0.1, 0.15) is 0 Å². The molecule has 0 unspecified atom stereocenters. The molecule has 2 fully saturated rings. The zero-order valence-corrected chi connectivity index (χ0v) is 17.9. The molecule has 2 aliphatic rings. The third-order valence-electron chi connectivity index (χ3n) is 5.96. The van der Waals surface area contributed by atoms with Gasteiger partial charge in [0.2, 0.25) is 0 Å². The Bertz CT molecular complexity index is 1040. The van der Waals surface area contributed by atoms with E-state index >= 15 is 0 Å². The van der Waals surface area contributed by atoms with Crippen molar-refractivity contribution in [1.29, 1.82) is 0 Å². The number of hydrogen-bond donors (Lipinski definition) is 0. The summed E-state index contributed by atoms with van der Waals surface area (Å²) in [6, 6.07) is 14.1. The van der Waals surface area contributed by atoms with Crippen LogP contribution >= 0.6 is 11.3 Å². The Labute approximate surface area is 185 Å². The molecule has 8 heteroatoms. The molecule has 158 valence electrons. The minimum Gasteiger partial charge on any atom is -0.335 e. The lowest BCUT2D eigenvalue weighted by atomic mass is 10.0. The highest BCUT2D eigenvalue weighted by Crippen LogP contribution is 2.22. The molecule has 2 saturated heterocycles. The maximum atomic E-state index is 12.8. The number of rotatable bonds is 4. The van der Waals surface area contributed by atoms with Gasteiger partial charge in [-0.2, -0.15) is 0 Å². The van der Waals surface area contributed by atoms with Crippen LogP contribution in [0, 0.1) is 0 Å². The summed E-state index contributed by atoms with van der Waals surface area (Å²) in [6.07, 6.45) is 3.33. The standard InChI is InChI=1S/C23H23N5O2S/c29-22(18-6-7-20(25-14-18)17-4-2-1-3-5-17)28-15-19(16-28)26-9-11-27(12-10-26)23(30)21-24-8-13-31-21/h1-8,13-14,19H,9-12,15-16H2. The lowest BCUT2D eigenvalue weighted by Gasteiger charge is -2.48. The van der Waals surface area contributed by atoms with Crippen LogP contribution in [-0.2, 0) is 0 Å². The molecule has 0 atom stereocenters. The van der Waals surface area contributed by atoms with Crippen LogP contribution in [0.25, 0.3) is 11.3 Å². The third kappa shape index (κ3) is 4.08. The first-order chi connectivity index (χ1) is 15.2. The van der Waals surface area contributed by atoms with Crippen molar-refractivity contribution in [2.45, 2.75) is 6.04 Å². The lowest BCUT2D eigenvalue weighted by molar-refractivity contribution is 0.00851. The monoisotopic (exact) mass is 433 g/mol. The molecule has 0 spiro atoms. The van der Waals surface area contributed by atoms with Crippen molar-refractivity contribution in [3.8, 4) is 11.3 Å². The highest BCUT2D eigenvalue weighted by molar-refractivity contribution is 7.11. The van der Waals surface area contributed by atoms with Crippen molar-refractivity contribution >= 4 is 23.2 Å². The SMILES string of the molecule is O=C(c1ccc(-c2ccccc2)nc1)N1CC(N2CCN(C(=O)c3nccs3)CC2)C1.